The summed E-state index contributed by atoms with van der Waals surface area (Å²) in [7, 11) is -1.38. The third kappa shape index (κ3) is 4.30. The van der Waals surface area contributed by atoms with E-state index in [2.05, 4.69) is 10.0 Å². The van der Waals surface area contributed by atoms with E-state index in [0.29, 0.717) is 6.54 Å². The molecular weight excluding hydrogens is 232 g/mol. The lowest BCUT2D eigenvalue weighted by Gasteiger charge is -2.24. The fraction of sp³-hybridized carbons (Fsp3) is 1.00. The molecule has 2 N–H and O–H groups in total. The van der Waals surface area contributed by atoms with Gasteiger partial charge in [0.25, 0.3) is 0 Å². The van der Waals surface area contributed by atoms with Gasteiger partial charge < -0.3 is 5.32 Å². The highest BCUT2D eigenvalue weighted by Crippen LogP contribution is 2.18. The maximum atomic E-state index is 11.8. The monoisotopic (exact) mass is 252 g/mol. The van der Waals surface area contributed by atoms with Crippen molar-refractivity contribution in [1.82, 2.24) is 10.0 Å². The molecule has 0 aliphatic carbocycles. The van der Waals surface area contributed by atoms with Gasteiger partial charge in [0.1, 0.15) is 0 Å². The summed E-state index contributed by atoms with van der Waals surface area (Å²) in [4.78, 5) is 0. The van der Waals surface area contributed by atoms with E-state index in [1.807, 2.05) is 11.8 Å². The summed E-state index contributed by atoms with van der Waals surface area (Å²) < 4.78 is 26.5. The minimum Gasteiger partial charge on any atom is -0.318 e. The molecule has 90 valence electrons. The Bertz CT molecular complexity index is 274. The Morgan fingerprint density at radius 1 is 1.40 bits per heavy atom. The van der Waals surface area contributed by atoms with Crippen LogP contribution in [-0.4, -0.2) is 44.8 Å². The van der Waals surface area contributed by atoms with Crippen LogP contribution in [0.4, 0.5) is 0 Å². The predicted octanol–water partition coefficient (Wildman–Crippen LogP) is 0.409. The fourth-order valence-electron chi connectivity index (χ4n) is 1.56. The molecule has 0 aromatic carbocycles. The van der Waals surface area contributed by atoms with Crippen molar-refractivity contribution in [3.63, 3.8) is 0 Å². The Morgan fingerprint density at radius 3 is 2.53 bits per heavy atom. The first kappa shape index (κ1) is 13.3. The first-order chi connectivity index (χ1) is 7.06. The average Bonchev–Trinajstić information content (AvgIpc) is 2.19. The molecule has 1 aliphatic rings. The number of nitrogens with one attached hydrogen (secondary N) is 2. The van der Waals surface area contributed by atoms with Crippen LogP contribution in [0.5, 0.6) is 0 Å². The molecule has 1 heterocycles. The van der Waals surface area contributed by atoms with Gasteiger partial charge in [-0.1, -0.05) is 0 Å². The number of hydrogen-bond acceptors (Lipinski definition) is 4. The van der Waals surface area contributed by atoms with E-state index in [0.717, 1.165) is 24.3 Å². The van der Waals surface area contributed by atoms with E-state index >= 15 is 0 Å². The fourth-order valence-corrected chi connectivity index (χ4v) is 3.99. The zero-order chi connectivity index (χ0) is 11.3. The summed E-state index contributed by atoms with van der Waals surface area (Å²) in [5, 5.41) is 2.52. The Kier molecular flexibility index (Phi) is 5.38. The molecule has 0 aromatic heterocycles. The molecule has 0 bridgehead atoms. The predicted molar refractivity (Wildman–Crippen MR) is 65.8 cm³/mol. The van der Waals surface area contributed by atoms with Gasteiger partial charge in [0.2, 0.25) is 10.0 Å². The van der Waals surface area contributed by atoms with E-state index in [4.69, 9.17) is 0 Å². The van der Waals surface area contributed by atoms with Crippen molar-refractivity contribution in [3.05, 3.63) is 0 Å². The number of rotatable bonds is 5. The first-order valence-electron chi connectivity index (χ1n) is 5.29. The average molecular weight is 252 g/mol. The summed E-state index contributed by atoms with van der Waals surface area (Å²) in [5.41, 5.74) is 0. The topological polar surface area (TPSA) is 58.2 Å². The van der Waals surface area contributed by atoms with Crippen LogP contribution in [0.2, 0.25) is 0 Å². The van der Waals surface area contributed by atoms with Gasteiger partial charge in [-0.25, -0.2) is 13.1 Å². The molecule has 0 radical (unpaired) electrons. The minimum atomic E-state index is -3.14. The molecule has 0 aromatic rings. The van der Waals surface area contributed by atoms with Crippen molar-refractivity contribution in [1.29, 1.82) is 0 Å². The van der Waals surface area contributed by atoms with Crippen molar-refractivity contribution in [2.45, 2.75) is 31.1 Å². The summed E-state index contributed by atoms with van der Waals surface area (Å²) in [6.45, 7) is 2.23. The molecule has 0 spiro atoms. The second-order valence-electron chi connectivity index (χ2n) is 3.92. The highest BCUT2D eigenvalue weighted by molar-refractivity contribution is 7.99. The summed E-state index contributed by atoms with van der Waals surface area (Å²) in [5.74, 6) is 2.13. The maximum Gasteiger partial charge on any atom is 0.215 e. The van der Waals surface area contributed by atoms with Gasteiger partial charge in [-0.15, -0.1) is 0 Å². The molecular formula is C9H20N2O2S2. The van der Waals surface area contributed by atoms with Gasteiger partial charge in [-0.2, -0.15) is 11.8 Å². The molecule has 1 atom stereocenters. The lowest BCUT2D eigenvalue weighted by molar-refractivity contribution is 0.518. The standard InChI is InChI=1S/C9H20N2O2S2/c1-8(7-10-2)15(12,13)11-9-3-5-14-6-4-9/h8-11H,3-7H2,1-2H3. The van der Waals surface area contributed by atoms with Crippen LogP contribution in [0.15, 0.2) is 0 Å². The Labute approximate surface area is 96.6 Å². The van der Waals surface area contributed by atoms with Gasteiger partial charge >= 0.3 is 0 Å². The smallest absolute Gasteiger partial charge is 0.215 e. The van der Waals surface area contributed by atoms with Crippen LogP contribution in [-0.2, 0) is 10.0 Å². The van der Waals surface area contributed by atoms with Crippen molar-refractivity contribution in [3.8, 4) is 0 Å². The normalized spacial score (nSPS) is 21.5. The second kappa shape index (κ2) is 6.08. The van der Waals surface area contributed by atoms with Crippen molar-refractivity contribution >= 4 is 21.8 Å². The lowest BCUT2D eigenvalue weighted by Crippen LogP contribution is -2.44. The van der Waals surface area contributed by atoms with Crippen LogP contribution >= 0.6 is 11.8 Å². The SMILES string of the molecule is CNCC(C)S(=O)(=O)NC1CCSCC1. The largest absolute Gasteiger partial charge is 0.318 e. The van der Waals surface area contributed by atoms with Gasteiger partial charge in [0.15, 0.2) is 0 Å². The first-order valence-corrected chi connectivity index (χ1v) is 8.00. The lowest BCUT2D eigenvalue weighted by atomic mass is 10.2. The molecule has 0 amide bonds. The summed E-state index contributed by atoms with van der Waals surface area (Å²) >= 11 is 1.90. The molecule has 1 aliphatic heterocycles. The van der Waals surface area contributed by atoms with Crippen LogP contribution in [0.3, 0.4) is 0 Å². The van der Waals surface area contributed by atoms with E-state index in [9.17, 15) is 8.42 Å². The quantitative estimate of drug-likeness (QED) is 0.744. The molecule has 1 unspecified atom stereocenters. The molecule has 1 fully saturated rings. The van der Waals surface area contributed by atoms with E-state index in [-0.39, 0.29) is 11.3 Å². The third-order valence-corrected chi connectivity index (χ3v) is 5.51. The van der Waals surface area contributed by atoms with Crippen molar-refractivity contribution in [2.24, 2.45) is 0 Å². The van der Waals surface area contributed by atoms with E-state index in [1.54, 1.807) is 14.0 Å². The Balaban J connectivity index is 2.47. The highest BCUT2D eigenvalue weighted by atomic mass is 32.2. The van der Waals surface area contributed by atoms with Gasteiger partial charge in [-0.05, 0) is 38.3 Å². The van der Waals surface area contributed by atoms with Gasteiger partial charge in [0.05, 0.1) is 5.25 Å². The molecule has 4 nitrogen and oxygen atoms in total. The number of hydrogen-bond donors (Lipinski definition) is 2. The van der Waals surface area contributed by atoms with Crippen molar-refractivity contribution < 1.29 is 8.42 Å². The van der Waals surface area contributed by atoms with Gasteiger partial charge in [0, 0.05) is 12.6 Å². The van der Waals surface area contributed by atoms with Gasteiger partial charge in [-0.3, -0.25) is 0 Å². The third-order valence-electron chi connectivity index (χ3n) is 2.57. The zero-order valence-corrected chi connectivity index (χ0v) is 11.0. The molecule has 15 heavy (non-hydrogen) atoms. The van der Waals surface area contributed by atoms with E-state index < -0.39 is 10.0 Å². The van der Waals surface area contributed by atoms with Crippen LogP contribution in [0.1, 0.15) is 19.8 Å². The molecule has 1 saturated heterocycles. The van der Waals surface area contributed by atoms with Crippen LogP contribution < -0.4 is 10.0 Å². The maximum absolute atomic E-state index is 11.8. The molecule has 1 rings (SSSR count). The Hall–Kier alpha value is 0.220. The molecule has 0 saturated carbocycles. The molecule has 6 heteroatoms. The van der Waals surface area contributed by atoms with E-state index in [1.165, 1.54) is 0 Å². The van der Waals surface area contributed by atoms with Crippen LogP contribution in [0.25, 0.3) is 0 Å². The summed E-state index contributed by atoms with van der Waals surface area (Å²) in [6, 6.07) is 0.149. The van der Waals surface area contributed by atoms with Crippen LogP contribution in [0, 0.1) is 0 Å². The Morgan fingerprint density at radius 2 is 2.00 bits per heavy atom. The van der Waals surface area contributed by atoms with Crippen molar-refractivity contribution in [2.75, 3.05) is 25.1 Å². The minimum absolute atomic E-state index is 0.149. The number of sulfonamides is 1. The zero-order valence-electron chi connectivity index (χ0n) is 9.32. The number of thioether (sulfide) groups is 1. The second-order valence-corrected chi connectivity index (χ2v) is 7.27. The summed E-state index contributed by atoms with van der Waals surface area (Å²) in [6.07, 6.45) is 1.91. The highest BCUT2D eigenvalue weighted by Gasteiger charge is 2.24.